The standard InChI is InChI=1S/C48H32N6/c1-3-7-35(8-4-1)53-43-17-13-29(33-23-49-27-50-24-33)19-39(43)41-21-31-11-12-32-22-42-40-20-30(34-25-51-28-52-26-34)14-18-44(40)54(36-9-5-2-6-10-36)48(42)38-16-15-37(47(41)53)45(31)46(32)38/h1-10,13-14,17-28H,11-12,15-16H2. The molecule has 6 heteroatoms. The van der Waals surface area contributed by atoms with E-state index < -0.39 is 0 Å². The van der Waals surface area contributed by atoms with Gasteiger partial charge in [0, 0.05) is 68.8 Å². The van der Waals surface area contributed by atoms with Crippen molar-refractivity contribution in [1.82, 2.24) is 29.1 Å². The Kier molecular flexibility index (Phi) is 6.20. The molecule has 6 nitrogen and oxygen atoms in total. The summed E-state index contributed by atoms with van der Waals surface area (Å²) in [7, 11) is 0. The second-order valence-electron chi connectivity index (χ2n) is 14.6. The Morgan fingerprint density at radius 3 is 1.24 bits per heavy atom. The van der Waals surface area contributed by atoms with Crippen molar-refractivity contribution in [3.8, 4) is 44.8 Å². The third kappa shape index (κ3) is 4.16. The lowest BCUT2D eigenvalue weighted by Crippen LogP contribution is -2.16. The van der Waals surface area contributed by atoms with Gasteiger partial charge in [-0.25, -0.2) is 19.9 Å². The van der Waals surface area contributed by atoms with Crippen LogP contribution in [0, 0.1) is 0 Å². The molecule has 0 bridgehead atoms. The number of aromatic nitrogens is 6. The molecule has 54 heavy (non-hydrogen) atoms. The maximum Gasteiger partial charge on any atom is 0.115 e. The van der Waals surface area contributed by atoms with Gasteiger partial charge in [0.15, 0.2) is 0 Å². The number of para-hydroxylation sites is 2. The molecule has 6 aromatic carbocycles. The normalized spacial score (nSPS) is 13.3. The predicted octanol–water partition coefficient (Wildman–Crippen LogP) is 10.7. The second-order valence-corrected chi connectivity index (χ2v) is 14.6. The fourth-order valence-corrected chi connectivity index (χ4v) is 9.60. The molecule has 4 heterocycles. The van der Waals surface area contributed by atoms with E-state index >= 15 is 0 Å². The molecule has 0 radical (unpaired) electrons. The van der Waals surface area contributed by atoms with Gasteiger partial charge >= 0.3 is 0 Å². The molecule has 0 amide bonds. The maximum atomic E-state index is 4.32. The first kappa shape index (κ1) is 29.6. The summed E-state index contributed by atoms with van der Waals surface area (Å²) in [6.07, 6.45) is 14.8. The van der Waals surface area contributed by atoms with Gasteiger partial charge in [-0.1, -0.05) is 48.5 Å². The van der Waals surface area contributed by atoms with Crippen molar-refractivity contribution >= 4 is 43.6 Å². The van der Waals surface area contributed by atoms with Crippen molar-refractivity contribution in [3.63, 3.8) is 0 Å². The lowest BCUT2D eigenvalue weighted by molar-refractivity contribution is 0.883. The molecule has 254 valence electrons. The summed E-state index contributed by atoms with van der Waals surface area (Å²) in [5.74, 6) is 0. The molecule has 0 saturated heterocycles. The molecule has 12 rings (SSSR count). The molecule has 2 aliphatic rings. The summed E-state index contributed by atoms with van der Waals surface area (Å²) in [4.78, 5) is 17.3. The second kappa shape index (κ2) is 11.3. The SMILES string of the molecule is c1ccc(-n2c3ccc(-c4cncnc4)cc3c3cc4c5c(c32)CCc2c-5c(cc3c5cc(-c6cncnc6)ccc5n(-c5ccccc5)c23)CC4)cc1. The van der Waals surface area contributed by atoms with Gasteiger partial charge in [0.1, 0.15) is 12.7 Å². The van der Waals surface area contributed by atoms with Crippen LogP contribution in [0.4, 0.5) is 0 Å². The first-order valence-electron chi connectivity index (χ1n) is 18.7. The van der Waals surface area contributed by atoms with Gasteiger partial charge in [0.2, 0.25) is 0 Å². The first-order chi connectivity index (χ1) is 26.8. The van der Waals surface area contributed by atoms with E-state index in [1.54, 1.807) is 12.7 Å². The molecular formula is C48H32N6. The van der Waals surface area contributed by atoms with Crippen LogP contribution in [0.3, 0.4) is 0 Å². The molecule has 10 aromatic rings. The smallest absolute Gasteiger partial charge is 0.115 e. The van der Waals surface area contributed by atoms with Crippen LogP contribution in [0.25, 0.3) is 88.4 Å². The molecule has 0 unspecified atom stereocenters. The number of fused-ring (bicyclic) bond motifs is 8. The van der Waals surface area contributed by atoms with Gasteiger partial charge in [-0.05, 0) is 131 Å². The van der Waals surface area contributed by atoms with Crippen molar-refractivity contribution in [2.45, 2.75) is 25.7 Å². The summed E-state index contributed by atoms with van der Waals surface area (Å²) in [6.45, 7) is 0. The van der Waals surface area contributed by atoms with Gasteiger partial charge in [-0.15, -0.1) is 0 Å². The minimum atomic E-state index is 0.969. The Labute approximate surface area is 311 Å². The third-order valence-electron chi connectivity index (χ3n) is 11.8. The van der Waals surface area contributed by atoms with E-state index in [2.05, 4.69) is 138 Å². The van der Waals surface area contributed by atoms with Crippen LogP contribution in [-0.2, 0) is 25.7 Å². The highest BCUT2D eigenvalue weighted by molar-refractivity contribution is 6.17. The van der Waals surface area contributed by atoms with E-state index in [0.29, 0.717) is 0 Å². The van der Waals surface area contributed by atoms with E-state index in [9.17, 15) is 0 Å². The number of hydrogen-bond acceptors (Lipinski definition) is 4. The highest BCUT2D eigenvalue weighted by Crippen LogP contribution is 2.51. The predicted molar refractivity (Wildman–Crippen MR) is 217 cm³/mol. The molecule has 0 saturated carbocycles. The Hall–Kier alpha value is -6.92. The lowest BCUT2D eigenvalue weighted by Gasteiger charge is -2.31. The zero-order chi connectivity index (χ0) is 35.3. The Bertz CT molecular complexity index is 2910. The quantitative estimate of drug-likeness (QED) is 0.184. The highest BCUT2D eigenvalue weighted by Gasteiger charge is 2.33. The van der Waals surface area contributed by atoms with Gasteiger partial charge < -0.3 is 9.13 Å². The number of hydrogen-bond donors (Lipinski definition) is 0. The summed E-state index contributed by atoms with van der Waals surface area (Å²) in [5.41, 5.74) is 20.5. The molecule has 0 spiro atoms. The summed E-state index contributed by atoms with van der Waals surface area (Å²) < 4.78 is 5.03. The van der Waals surface area contributed by atoms with Crippen LogP contribution in [0.15, 0.2) is 147 Å². The first-order valence-corrected chi connectivity index (χ1v) is 18.7. The van der Waals surface area contributed by atoms with E-state index in [-0.39, 0.29) is 0 Å². The monoisotopic (exact) mass is 692 g/mol. The molecule has 0 atom stereocenters. The molecular weight excluding hydrogens is 661 g/mol. The lowest BCUT2D eigenvalue weighted by atomic mass is 9.74. The third-order valence-corrected chi connectivity index (χ3v) is 11.8. The van der Waals surface area contributed by atoms with Crippen molar-refractivity contribution in [2.24, 2.45) is 0 Å². The molecule has 0 fully saturated rings. The molecule has 0 aliphatic heterocycles. The van der Waals surface area contributed by atoms with E-state index in [1.807, 2.05) is 24.8 Å². The van der Waals surface area contributed by atoms with Crippen LogP contribution >= 0.6 is 0 Å². The summed E-state index contributed by atoms with van der Waals surface area (Å²) >= 11 is 0. The summed E-state index contributed by atoms with van der Waals surface area (Å²) in [5, 5.41) is 5.19. The van der Waals surface area contributed by atoms with Gasteiger partial charge in [-0.3, -0.25) is 0 Å². The largest absolute Gasteiger partial charge is 0.309 e. The zero-order valence-corrected chi connectivity index (χ0v) is 29.4. The van der Waals surface area contributed by atoms with E-state index in [0.717, 1.165) is 47.9 Å². The van der Waals surface area contributed by atoms with E-state index in [4.69, 9.17) is 0 Å². The zero-order valence-electron chi connectivity index (χ0n) is 29.4. The molecule has 4 aromatic heterocycles. The van der Waals surface area contributed by atoms with Gasteiger partial charge in [0.05, 0.1) is 22.1 Å². The number of nitrogens with zero attached hydrogens (tertiary/aromatic N) is 6. The number of aryl methyl sites for hydroxylation is 4. The van der Waals surface area contributed by atoms with Crippen LogP contribution < -0.4 is 0 Å². The Morgan fingerprint density at radius 2 is 0.815 bits per heavy atom. The fraction of sp³-hybridized carbons (Fsp3) is 0.0833. The number of rotatable bonds is 4. The van der Waals surface area contributed by atoms with Crippen LogP contribution in [0.1, 0.15) is 22.3 Å². The highest BCUT2D eigenvalue weighted by atomic mass is 15.0. The number of benzene rings is 6. The van der Waals surface area contributed by atoms with Crippen LogP contribution in [0.2, 0.25) is 0 Å². The minimum absolute atomic E-state index is 0.969. The van der Waals surface area contributed by atoms with Crippen molar-refractivity contribution in [1.29, 1.82) is 0 Å². The maximum absolute atomic E-state index is 4.32. The van der Waals surface area contributed by atoms with Crippen molar-refractivity contribution < 1.29 is 0 Å². The summed E-state index contributed by atoms with van der Waals surface area (Å²) in [6, 6.07) is 40.5. The van der Waals surface area contributed by atoms with Crippen LogP contribution in [0.5, 0.6) is 0 Å². The Morgan fingerprint density at radius 1 is 0.389 bits per heavy atom. The average Bonchev–Trinajstić information content (AvgIpc) is 3.76. The minimum Gasteiger partial charge on any atom is -0.309 e. The van der Waals surface area contributed by atoms with Crippen LogP contribution in [-0.4, -0.2) is 29.1 Å². The molecule has 0 N–H and O–H groups in total. The van der Waals surface area contributed by atoms with Gasteiger partial charge in [0.25, 0.3) is 0 Å². The van der Waals surface area contributed by atoms with Crippen molar-refractivity contribution in [2.75, 3.05) is 0 Å². The molecule has 2 aliphatic carbocycles. The average molecular weight is 693 g/mol. The topological polar surface area (TPSA) is 61.4 Å². The van der Waals surface area contributed by atoms with E-state index in [1.165, 1.54) is 88.4 Å². The van der Waals surface area contributed by atoms with Crippen molar-refractivity contribution in [3.05, 3.63) is 169 Å². The fourth-order valence-electron chi connectivity index (χ4n) is 9.60. The Balaban J connectivity index is 1.17. The van der Waals surface area contributed by atoms with Gasteiger partial charge in [-0.2, -0.15) is 0 Å².